The number of hydrogen-bond donors (Lipinski definition) is 2. The van der Waals surface area contributed by atoms with E-state index in [1.54, 1.807) is 12.1 Å². The summed E-state index contributed by atoms with van der Waals surface area (Å²) in [5.41, 5.74) is 0.660. The molecule has 5 nitrogen and oxygen atoms in total. The lowest BCUT2D eigenvalue weighted by molar-refractivity contribution is -0.128. The summed E-state index contributed by atoms with van der Waals surface area (Å²) in [5, 5.41) is 13.0. The van der Waals surface area contributed by atoms with Crippen LogP contribution in [-0.2, 0) is 9.59 Å². The number of carbonyl (C=O) groups excluding carboxylic acids is 2. The highest BCUT2D eigenvalue weighted by atomic mass is 16.5. The smallest absolute Gasteiger partial charge is 0.227 e. The van der Waals surface area contributed by atoms with E-state index in [1.807, 2.05) is 12.1 Å². The van der Waals surface area contributed by atoms with Gasteiger partial charge in [0.2, 0.25) is 5.91 Å². The van der Waals surface area contributed by atoms with Crippen LogP contribution in [0.4, 0.5) is 0 Å². The summed E-state index contributed by atoms with van der Waals surface area (Å²) in [6.45, 7) is 1.78. The van der Waals surface area contributed by atoms with Crippen molar-refractivity contribution in [2.75, 3.05) is 6.61 Å². The van der Waals surface area contributed by atoms with Crippen LogP contribution in [-0.4, -0.2) is 29.4 Å². The van der Waals surface area contributed by atoms with Gasteiger partial charge >= 0.3 is 0 Å². The van der Waals surface area contributed by atoms with Gasteiger partial charge in [-0.1, -0.05) is 18.2 Å². The average Bonchev–Trinajstić information content (AvgIpc) is 2.50. The van der Waals surface area contributed by atoms with Crippen LogP contribution in [0.3, 0.4) is 0 Å². The Morgan fingerprint density at radius 1 is 1.42 bits per heavy atom. The molecule has 1 aliphatic rings. The summed E-state index contributed by atoms with van der Waals surface area (Å²) in [4.78, 5) is 22.5. The summed E-state index contributed by atoms with van der Waals surface area (Å²) in [5.74, 6) is 0.0755. The number of hydrogen-bond acceptors (Lipinski definition) is 4. The molecule has 0 saturated carbocycles. The molecule has 2 atom stereocenters. The number of benzene rings is 1. The molecular formula is C14H17NO4. The molecule has 1 heterocycles. The maximum atomic E-state index is 11.6. The SMILES string of the molecule is CC(=O)CC(=O)NC1CCOc2ccccc2C1O. The number of amides is 1. The molecule has 0 fully saturated rings. The second-order valence-electron chi connectivity index (χ2n) is 4.67. The van der Waals surface area contributed by atoms with Gasteiger partial charge in [0.15, 0.2) is 0 Å². The minimum Gasteiger partial charge on any atom is -0.493 e. The molecule has 2 unspecified atom stereocenters. The quantitative estimate of drug-likeness (QED) is 0.797. The Bertz CT molecular complexity index is 486. The van der Waals surface area contributed by atoms with Crippen LogP contribution in [0.2, 0.25) is 0 Å². The normalized spacial score (nSPS) is 21.8. The Balaban J connectivity index is 2.11. The molecule has 1 amide bonds. The molecule has 102 valence electrons. The van der Waals surface area contributed by atoms with Crippen LogP contribution >= 0.6 is 0 Å². The second kappa shape index (κ2) is 5.84. The van der Waals surface area contributed by atoms with Crippen LogP contribution in [0.5, 0.6) is 5.75 Å². The number of nitrogens with one attached hydrogen (secondary N) is 1. The van der Waals surface area contributed by atoms with Gasteiger partial charge in [-0.15, -0.1) is 0 Å². The van der Waals surface area contributed by atoms with Gasteiger partial charge in [0.05, 0.1) is 19.1 Å². The van der Waals surface area contributed by atoms with E-state index in [0.717, 1.165) is 0 Å². The molecule has 1 aromatic carbocycles. The highest BCUT2D eigenvalue weighted by Crippen LogP contribution is 2.31. The molecular weight excluding hydrogens is 246 g/mol. The fourth-order valence-electron chi connectivity index (χ4n) is 2.16. The first-order valence-corrected chi connectivity index (χ1v) is 6.26. The fourth-order valence-corrected chi connectivity index (χ4v) is 2.16. The number of aliphatic hydroxyl groups is 1. The first-order valence-electron chi connectivity index (χ1n) is 6.26. The molecule has 0 bridgehead atoms. The van der Waals surface area contributed by atoms with E-state index in [4.69, 9.17) is 4.74 Å². The zero-order valence-electron chi connectivity index (χ0n) is 10.8. The number of rotatable bonds is 3. The molecule has 19 heavy (non-hydrogen) atoms. The molecule has 1 aromatic rings. The topological polar surface area (TPSA) is 75.6 Å². The Labute approximate surface area is 111 Å². The van der Waals surface area contributed by atoms with Gasteiger partial charge in [0.1, 0.15) is 17.6 Å². The number of ketones is 1. The standard InChI is InChI=1S/C14H17NO4/c1-9(16)8-13(17)15-11-6-7-19-12-5-3-2-4-10(12)14(11)18/h2-5,11,14,18H,6-8H2,1H3,(H,15,17). The monoisotopic (exact) mass is 263 g/mol. The average molecular weight is 263 g/mol. The second-order valence-corrected chi connectivity index (χ2v) is 4.67. The first kappa shape index (κ1) is 13.5. The Hall–Kier alpha value is -1.88. The predicted octanol–water partition coefficient (Wildman–Crippen LogP) is 0.966. The molecule has 0 aromatic heterocycles. The molecule has 0 saturated heterocycles. The van der Waals surface area contributed by atoms with Crippen LogP contribution < -0.4 is 10.1 Å². The number of fused-ring (bicyclic) bond motifs is 1. The van der Waals surface area contributed by atoms with E-state index in [1.165, 1.54) is 6.92 Å². The Morgan fingerprint density at radius 2 is 2.16 bits per heavy atom. The number of para-hydroxylation sites is 1. The highest BCUT2D eigenvalue weighted by Gasteiger charge is 2.28. The lowest BCUT2D eigenvalue weighted by Crippen LogP contribution is -2.40. The lowest BCUT2D eigenvalue weighted by Gasteiger charge is -2.21. The van der Waals surface area contributed by atoms with Gasteiger partial charge in [-0.25, -0.2) is 0 Å². The molecule has 2 rings (SSSR count). The number of ether oxygens (including phenoxy) is 1. The Morgan fingerprint density at radius 3 is 2.89 bits per heavy atom. The van der Waals surface area contributed by atoms with Crippen LogP contribution in [0.1, 0.15) is 31.4 Å². The summed E-state index contributed by atoms with van der Waals surface area (Å²) >= 11 is 0. The Kier molecular flexibility index (Phi) is 4.16. The van der Waals surface area contributed by atoms with Crippen molar-refractivity contribution in [2.24, 2.45) is 0 Å². The molecule has 0 radical (unpaired) electrons. The maximum absolute atomic E-state index is 11.6. The van der Waals surface area contributed by atoms with Gasteiger partial charge in [-0.2, -0.15) is 0 Å². The van der Waals surface area contributed by atoms with E-state index in [2.05, 4.69) is 5.32 Å². The lowest BCUT2D eigenvalue weighted by atomic mass is 10.00. The molecule has 0 aliphatic carbocycles. The number of aliphatic hydroxyl groups excluding tert-OH is 1. The van der Waals surface area contributed by atoms with Crippen molar-refractivity contribution < 1.29 is 19.4 Å². The minimum atomic E-state index is -0.824. The van der Waals surface area contributed by atoms with Crippen molar-refractivity contribution in [1.29, 1.82) is 0 Å². The first-order chi connectivity index (χ1) is 9.08. The van der Waals surface area contributed by atoms with E-state index in [9.17, 15) is 14.7 Å². The van der Waals surface area contributed by atoms with Crippen LogP contribution in [0, 0.1) is 0 Å². The van der Waals surface area contributed by atoms with Crippen LogP contribution in [0.25, 0.3) is 0 Å². The third-order valence-electron chi connectivity index (χ3n) is 3.06. The largest absolute Gasteiger partial charge is 0.493 e. The third-order valence-corrected chi connectivity index (χ3v) is 3.06. The third kappa shape index (κ3) is 3.32. The van der Waals surface area contributed by atoms with Gasteiger partial charge in [0, 0.05) is 12.0 Å². The van der Waals surface area contributed by atoms with E-state index in [0.29, 0.717) is 24.3 Å². The zero-order chi connectivity index (χ0) is 13.8. The van der Waals surface area contributed by atoms with E-state index < -0.39 is 12.1 Å². The number of carbonyl (C=O) groups is 2. The summed E-state index contributed by atoms with van der Waals surface area (Å²) in [6, 6.07) is 6.77. The summed E-state index contributed by atoms with van der Waals surface area (Å²) < 4.78 is 5.53. The molecule has 2 N–H and O–H groups in total. The van der Waals surface area contributed by atoms with Gasteiger partial charge in [-0.05, 0) is 13.0 Å². The fraction of sp³-hybridized carbons (Fsp3) is 0.429. The van der Waals surface area contributed by atoms with E-state index >= 15 is 0 Å². The van der Waals surface area contributed by atoms with Crippen molar-refractivity contribution in [3.63, 3.8) is 0 Å². The van der Waals surface area contributed by atoms with Crippen molar-refractivity contribution in [3.8, 4) is 5.75 Å². The minimum absolute atomic E-state index is 0.161. The van der Waals surface area contributed by atoms with Gasteiger partial charge < -0.3 is 15.2 Å². The van der Waals surface area contributed by atoms with Crippen molar-refractivity contribution in [1.82, 2.24) is 5.32 Å². The predicted molar refractivity (Wildman–Crippen MR) is 68.7 cm³/mol. The maximum Gasteiger partial charge on any atom is 0.227 e. The van der Waals surface area contributed by atoms with Crippen molar-refractivity contribution in [2.45, 2.75) is 31.9 Å². The zero-order valence-corrected chi connectivity index (χ0v) is 10.8. The van der Waals surface area contributed by atoms with E-state index in [-0.39, 0.29) is 18.1 Å². The van der Waals surface area contributed by atoms with Crippen molar-refractivity contribution >= 4 is 11.7 Å². The van der Waals surface area contributed by atoms with Crippen LogP contribution in [0.15, 0.2) is 24.3 Å². The molecule has 5 heteroatoms. The van der Waals surface area contributed by atoms with Gasteiger partial charge in [0.25, 0.3) is 0 Å². The molecule has 0 spiro atoms. The summed E-state index contributed by atoms with van der Waals surface area (Å²) in [6.07, 6.45) is -0.486. The molecule has 1 aliphatic heterocycles. The highest BCUT2D eigenvalue weighted by molar-refractivity contribution is 5.96. The summed E-state index contributed by atoms with van der Waals surface area (Å²) in [7, 11) is 0. The van der Waals surface area contributed by atoms with Gasteiger partial charge in [-0.3, -0.25) is 9.59 Å². The van der Waals surface area contributed by atoms with Crippen molar-refractivity contribution in [3.05, 3.63) is 29.8 Å². The number of Topliss-reactive ketones (excluding diaryl/α,β-unsaturated/α-hetero) is 1.